The summed E-state index contributed by atoms with van der Waals surface area (Å²) < 4.78 is 4.92. The maximum atomic E-state index is 12.0. The minimum atomic E-state index is -0.367. The fourth-order valence-electron chi connectivity index (χ4n) is 2.21. The third kappa shape index (κ3) is 5.21. The predicted octanol–water partition coefficient (Wildman–Crippen LogP) is 3.15. The molecule has 0 aliphatic carbocycles. The molecule has 0 radical (unpaired) electrons. The molecule has 2 rings (SSSR count). The van der Waals surface area contributed by atoms with Gasteiger partial charge in [-0.1, -0.05) is 30.3 Å². The lowest BCUT2D eigenvalue weighted by molar-refractivity contribution is -0.115. The largest absolute Gasteiger partial charge is 0.462 e. The zero-order chi connectivity index (χ0) is 17.4. The van der Waals surface area contributed by atoms with E-state index in [1.54, 1.807) is 31.2 Å². The summed E-state index contributed by atoms with van der Waals surface area (Å²) in [5.41, 5.74) is 2.23. The number of amides is 1. The molecule has 0 saturated carbocycles. The summed E-state index contributed by atoms with van der Waals surface area (Å²) in [7, 11) is 0. The second-order valence-electron chi connectivity index (χ2n) is 5.36. The summed E-state index contributed by atoms with van der Waals surface area (Å²) in [6, 6.07) is 16.7. The number of carbonyl (C=O) groups is 2. The molecule has 2 aromatic carbocycles. The number of esters is 1. The molecule has 24 heavy (non-hydrogen) atoms. The first-order valence-corrected chi connectivity index (χ1v) is 7.95. The minimum absolute atomic E-state index is 0.0862. The van der Waals surface area contributed by atoms with Gasteiger partial charge in [-0.25, -0.2) is 4.79 Å². The van der Waals surface area contributed by atoms with Crippen LogP contribution < -0.4 is 10.6 Å². The molecule has 0 aliphatic heterocycles. The van der Waals surface area contributed by atoms with Gasteiger partial charge in [0.15, 0.2) is 0 Å². The van der Waals surface area contributed by atoms with Gasteiger partial charge in [0.05, 0.1) is 18.7 Å². The number of nitrogens with one attached hydrogen (secondary N) is 2. The van der Waals surface area contributed by atoms with Crippen LogP contribution in [0, 0.1) is 0 Å². The first-order chi connectivity index (χ1) is 11.6. The van der Waals surface area contributed by atoms with E-state index < -0.39 is 0 Å². The Kier molecular flexibility index (Phi) is 6.51. The van der Waals surface area contributed by atoms with E-state index in [4.69, 9.17) is 4.74 Å². The average molecular weight is 326 g/mol. The normalized spacial score (nSPS) is 11.6. The van der Waals surface area contributed by atoms with Crippen LogP contribution in [-0.2, 0) is 9.53 Å². The average Bonchev–Trinajstić information content (AvgIpc) is 2.61. The predicted molar refractivity (Wildman–Crippen MR) is 93.9 cm³/mol. The highest BCUT2D eigenvalue weighted by atomic mass is 16.5. The number of ether oxygens (including phenoxy) is 1. The molecular weight excluding hydrogens is 304 g/mol. The van der Waals surface area contributed by atoms with Crippen molar-refractivity contribution in [2.24, 2.45) is 0 Å². The molecule has 2 aromatic rings. The van der Waals surface area contributed by atoms with Gasteiger partial charge in [-0.05, 0) is 43.7 Å². The third-order valence-electron chi connectivity index (χ3n) is 3.55. The molecule has 126 valence electrons. The summed E-state index contributed by atoms with van der Waals surface area (Å²) in [5.74, 6) is -0.504. The monoisotopic (exact) mass is 326 g/mol. The van der Waals surface area contributed by atoms with Crippen molar-refractivity contribution in [1.82, 2.24) is 5.32 Å². The molecule has 0 aliphatic rings. The number of hydrogen-bond acceptors (Lipinski definition) is 4. The molecule has 0 bridgehead atoms. The number of rotatable bonds is 7. The van der Waals surface area contributed by atoms with Crippen molar-refractivity contribution in [2.45, 2.75) is 19.9 Å². The molecule has 1 unspecified atom stereocenters. The van der Waals surface area contributed by atoms with Gasteiger partial charge in [0, 0.05) is 11.7 Å². The van der Waals surface area contributed by atoms with Crippen LogP contribution in [0.5, 0.6) is 0 Å². The van der Waals surface area contributed by atoms with E-state index in [2.05, 4.69) is 10.6 Å². The van der Waals surface area contributed by atoms with Crippen molar-refractivity contribution in [3.05, 3.63) is 65.7 Å². The Morgan fingerprint density at radius 3 is 2.33 bits per heavy atom. The maximum Gasteiger partial charge on any atom is 0.338 e. The van der Waals surface area contributed by atoms with Gasteiger partial charge in [-0.2, -0.15) is 0 Å². The van der Waals surface area contributed by atoms with Crippen LogP contribution >= 0.6 is 0 Å². The molecule has 0 spiro atoms. The lowest BCUT2D eigenvalue weighted by Gasteiger charge is -2.14. The Morgan fingerprint density at radius 2 is 1.71 bits per heavy atom. The van der Waals surface area contributed by atoms with Gasteiger partial charge in [0.25, 0.3) is 0 Å². The topological polar surface area (TPSA) is 67.4 Å². The molecule has 0 heterocycles. The molecule has 1 amide bonds. The van der Waals surface area contributed by atoms with Crippen LogP contribution in [-0.4, -0.2) is 25.0 Å². The fraction of sp³-hybridized carbons (Fsp3) is 0.263. The molecular formula is C19H22N2O3. The van der Waals surface area contributed by atoms with E-state index in [0.29, 0.717) is 17.9 Å². The van der Waals surface area contributed by atoms with Gasteiger partial charge in [-0.15, -0.1) is 0 Å². The quantitative estimate of drug-likeness (QED) is 0.767. The molecule has 1 atom stereocenters. The van der Waals surface area contributed by atoms with Crippen molar-refractivity contribution < 1.29 is 14.3 Å². The smallest absolute Gasteiger partial charge is 0.338 e. The van der Waals surface area contributed by atoms with Crippen molar-refractivity contribution in [1.29, 1.82) is 0 Å². The van der Waals surface area contributed by atoms with Crippen molar-refractivity contribution in [3.63, 3.8) is 0 Å². The summed E-state index contributed by atoms with van der Waals surface area (Å²) in [5, 5.41) is 5.97. The van der Waals surface area contributed by atoms with E-state index in [0.717, 1.165) is 5.56 Å². The van der Waals surface area contributed by atoms with Crippen LogP contribution in [0.25, 0.3) is 0 Å². The molecule has 0 fully saturated rings. The lowest BCUT2D eigenvalue weighted by atomic mass is 10.1. The van der Waals surface area contributed by atoms with Crippen LogP contribution in [0.4, 0.5) is 5.69 Å². The first kappa shape index (κ1) is 17.7. The highest BCUT2D eigenvalue weighted by Gasteiger charge is 2.09. The van der Waals surface area contributed by atoms with E-state index >= 15 is 0 Å². The Bertz CT molecular complexity index is 669. The van der Waals surface area contributed by atoms with Crippen LogP contribution in [0.1, 0.15) is 35.8 Å². The molecule has 0 saturated heterocycles. The van der Waals surface area contributed by atoms with Gasteiger partial charge in [0.1, 0.15) is 0 Å². The highest BCUT2D eigenvalue weighted by molar-refractivity contribution is 5.94. The summed E-state index contributed by atoms with van der Waals surface area (Å²) in [4.78, 5) is 23.6. The Labute approximate surface area is 142 Å². The van der Waals surface area contributed by atoms with Crippen LogP contribution in [0.2, 0.25) is 0 Å². The molecule has 0 aromatic heterocycles. The zero-order valence-electron chi connectivity index (χ0n) is 13.9. The standard InChI is InChI=1S/C19H22N2O3/c1-3-24-19(23)16-9-11-17(12-10-16)21-18(22)13-20-14(2)15-7-5-4-6-8-15/h4-12,14,20H,3,13H2,1-2H3,(H,21,22). The van der Waals surface area contributed by atoms with Gasteiger partial charge in [-0.3, -0.25) is 4.79 Å². The highest BCUT2D eigenvalue weighted by Crippen LogP contribution is 2.12. The Hall–Kier alpha value is -2.66. The Morgan fingerprint density at radius 1 is 1.04 bits per heavy atom. The van der Waals surface area contributed by atoms with E-state index in [9.17, 15) is 9.59 Å². The van der Waals surface area contributed by atoms with Crippen molar-refractivity contribution in [3.8, 4) is 0 Å². The summed E-state index contributed by atoms with van der Waals surface area (Å²) >= 11 is 0. The number of anilines is 1. The van der Waals surface area contributed by atoms with Crippen molar-refractivity contribution >= 4 is 17.6 Å². The van der Waals surface area contributed by atoms with Crippen LogP contribution in [0.15, 0.2) is 54.6 Å². The zero-order valence-corrected chi connectivity index (χ0v) is 13.9. The second-order valence-corrected chi connectivity index (χ2v) is 5.36. The van der Waals surface area contributed by atoms with E-state index in [-0.39, 0.29) is 24.5 Å². The fourth-order valence-corrected chi connectivity index (χ4v) is 2.21. The first-order valence-electron chi connectivity index (χ1n) is 7.95. The Balaban J connectivity index is 1.83. The van der Waals surface area contributed by atoms with Crippen molar-refractivity contribution in [2.75, 3.05) is 18.5 Å². The van der Waals surface area contributed by atoms with Gasteiger partial charge in [0.2, 0.25) is 5.91 Å². The van der Waals surface area contributed by atoms with Crippen LogP contribution in [0.3, 0.4) is 0 Å². The maximum absolute atomic E-state index is 12.0. The molecule has 5 heteroatoms. The third-order valence-corrected chi connectivity index (χ3v) is 3.55. The summed E-state index contributed by atoms with van der Waals surface area (Å²) in [6.45, 7) is 4.31. The number of hydrogen-bond donors (Lipinski definition) is 2. The number of carbonyl (C=O) groups excluding carboxylic acids is 2. The lowest BCUT2D eigenvalue weighted by Crippen LogP contribution is -2.30. The molecule has 2 N–H and O–H groups in total. The van der Waals surface area contributed by atoms with E-state index in [1.165, 1.54) is 0 Å². The van der Waals surface area contributed by atoms with Gasteiger partial charge >= 0.3 is 5.97 Å². The summed E-state index contributed by atoms with van der Waals surface area (Å²) in [6.07, 6.45) is 0. The second kappa shape index (κ2) is 8.84. The minimum Gasteiger partial charge on any atom is -0.462 e. The van der Waals surface area contributed by atoms with E-state index in [1.807, 2.05) is 37.3 Å². The SMILES string of the molecule is CCOC(=O)c1ccc(NC(=O)CNC(C)c2ccccc2)cc1. The molecule has 5 nitrogen and oxygen atoms in total. The number of benzene rings is 2. The van der Waals surface area contributed by atoms with Gasteiger partial charge < -0.3 is 15.4 Å².